The lowest BCUT2D eigenvalue weighted by atomic mass is 9.72. The molecule has 226 valence electrons. The first-order chi connectivity index (χ1) is 19.9. The van der Waals surface area contributed by atoms with E-state index in [1.165, 1.54) is 25.1 Å². The molecule has 0 bridgehead atoms. The molecular formula is C30H35NO11. The summed E-state index contributed by atoms with van der Waals surface area (Å²) in [6.07, 6.45) is -4.76. The summed E-state index contributed by atoms with van der Waals surface area (Å²) in [6.45, 7) is 4.92. The predicted octanol–water partition coefficient (Wildman–Crippen LogP) is 2.06. The van der Waals surface area contributed by atoms with Crippen LogP contribution in [0.1, 0.15) is 67.2 Å². The van der Waals surface area contributed by atoms with Crippen molar-refractivity contribution in [2.24, 2.45) is 0 Å². The first-order valence-corrected chi connectivity index (χ1v) is 14.3. The molecule has 12 heteroatoms. The summed E-state index contributed by atoms with van der Waals surface area (Å²) in [7, 11) is 3.94. The maximum atomic E-state index is 14.3. The molecule has 0 aromatic heterocycles. The lowest BCUT2D eigenvalue weighted by molar-refractivity contribution is -0.369. The van der Waals surface area contributed by atoms with Gasteiger partial charge < -0.3 is 38.4 Å². The molecule has 0 saturated carbocycles. The highest BCUT2D eigenvalue weighted by Crippen LogP contribution is 2.52. The first-order valence-electron chi connectivity index (χ1n) is 14.3. The van der Waals surface area contributed by atoms with Gasteiger partial charge in [-0.05, 0) is 46.9 Å². The van der Waals surface area contributed by atoms with Gasteiger partial charge in [-0.2, -0.15) is 0 Å². The van der Waals surface area contributed by atoms with Gasteiger partial charge >= 0.3 is 11.9 Å². The second-order valence-corrected chi connectivity index (χ2v) is 11.8. The van der Waals surface area contributed by atoms with Crippen LogP contribution < -0.4 is 0 Å². The van der Waals surface area contributed by atoms with Crippen LogP contribution in [0.25, 0.3) is 0 Å². The molecule has 5 aliphatic rings. The van der Waals surface area contributed by atoms with E-state index in [2.05, 4.69) is 4.90 Å². The fraction of sp³-hybridized carbons (Fsp3) is 0.600. The Morgan fingerprint density at radius 2 is 1.86 bits per heavy atom. The molecule has 6 rings (SSSR count). The highest BCUT2D eigenvalue weighted by Gasteiger charge is 2.66. The van der Waals surface area contributed by atoms with Crippen molar-refractivity contribution in [2.45, 2.75) is 101 Å². The number of nitrogens with zero attached hydrogens (tertiary/aromatic N) is 1. The molecule has 3 fully saturated rings. The van der Waals surface area contributed by atoms with Gasteiger partial charge in [-0.25, -0.2) is 0 Å². The van der Waals surface area contributed by atoms with Crippen molar-refractivity contribution >= 4 is 23.5 Å². The Morgan fingerprint density at radius 3 is 2.55 bits per heavy atom. The van der Waals surface area contributed by atoms with E-state index in [1.54, 1.807) is 6.92 Å². The van der Waals surface area contributed by atoms with Gasteiger partial charge in [0.1, 0.15) is 18.0 Å². The van der Waals surface area contributed by atoms with Gasteiger partial charge in [0, 0.05) is 24.9 Å². The van der Waals surface area contributed by atoms with Gasteiger partial charge in [-0.1, -0.05) is 12.1 Å². The molecule has 42 heavy (non-hydrogen) atoms. The zero-order valence-electron chi connectivity index (χ0n) is 24.2. The molecule has 1 aliphatic carbocycles. The molecular weight excluding hydrogens is 550 g/mol. The number of Topliss-reactive ketones (excluding diaryl/α,β-unsaturated/α-hetero) is 2. The van der Waals surface area contributed by atoms with Crippen LogP contribution in [-0.2, 0) is 38.0 Å². The Kier molecular flexibility index (Phi) is 7.25. The highest BCUT2D eigenvalue weighted by molar-refractivity contribution is 6.29. The lowest BCUT2D eigenvalue weighted by Crippen LogP contribution is -2.68. The van der Waals surface area contributed by atoms with Crippen LogP contribution >= 0.6 is 0 Å². The Bertz CT molecular complexity index is 1370. The van der Waals surface area contributed by atoms with E-state index >= 15 is 0 Å². The van der Waals surface area contributed by atoms with Gasteiger partial charge in [0.2, 0.25) is 5.79 Å². The number of phenolic OH excluding ortho intramolecular Hbond substituents is 1. The van der Waals surface area contributed by atoms with E-state index in [0.717, 1.165) is 6.42 Å². The summed E-state index contributed by atoms with van der Waals surface area (Å²) in [5.74, 6) is -4.99. The summed E-state index contributed by atoms with van der Waals surface area (Å²) < 4.78 is 37.0. The number of benzene rings is 1. The zero-order valence-corrected chi connectivity index (χ0v) is 24.2. The second-order valence-electron chi connectivity index (χ2n) is 11.8. The van der Waals surface area contributed by atoms with E-state index in [-0.39, 0.29) is 47.3 Å². The average Bonchev–Trinajstić information content (AvgIpc) is 3.27. The number of esters is 2. The molecule has 9 atom stereocenters. The molecule has 3 saturated heterocycles. The third kappa shape index (κ3) is 4.56. The number of fused-ring (bicyclic) bond motifs is 4. The summed E-state index contributed by atoms with van der Waals surface area (Å²) >= 11 is 0. The molecule has 9 unspecified atom stereocenters. The van der Waals surface area contributed by atoms with Crippen molar-refractivity contribution in [1.29, 1.82) is 0 Å². The van der Waals surface area contributed by atoms with Crippen molar-refractivity contribution in [1.82, 2.24) is 4.90 Å². The summed E-state index contributed by atoms with van der Waals surface area (Å²) in [5, 5.41) is 10.7. The SMILES string of the molecule is CC(=O)OC1CC(C)OC2(OC3CC(=O)OC3C3=C2C(=O)c2c(O)cccc2C3=O)C1OC1CCC(N(C)C)C(C)O1. The van der Waals surface area contributed by atoms with Crippen LogP contribution in [0.3, 0.4) is 0 Å². The van der Waals surface area contributed by atoms with Gasteiger partial charge in [-0.15, -0.1) is 0 Å². The first kappa shape index (κ1) is 28.9. The number of hydrogen-bond acceptors (Lipinski definition) is 12. The van der Waals surface area contributed by atoms with E-state index in [4.69, 9.17) is 28.4 Å². The van der Waals surface area contributed by atoms with Crippen LogP contribution in [0.2, 0.25) is 0 Å². The number of ketones is 2. The van der Waals surface area contributed by atoms with Gasteiger partial charge in [-0.3, -0.25) is 19.2 Å². The summed E-state index contributed by atoms with van der Waals surface area (Å²) in [5.41, 5.74) is -0.557. The molecule has 12 nitrogen and oxygen atoms in total. The number of hydrogen-bond donors (Lipinski definition) is 1. The summed E-state index contributed by atoms with van der Waals surface area (Å²) in [6, 6.07) is 4.35. The number of likely N-dealkylation sites (N-methyl/N-ethyl adjacent to an activating group) is 1. The third-order valence-corrected chi connectivity index (χ3v) is 8.72. The van der Waals surface area contributed by atoms with Crippen LogP contribution in [0.5, 0.6) is 5.75 Å². The van der Waals surface area contributed by atoms with E-state index in [0.29, 0.717) is 6.42 Å². The van der Waals surface area contributed by atoms with Crippen LogP contribution in [0, 0.1) is 0 Å². The molecule has 1 N–H and O–H groups in total. The topological polar surface area (TPSA) is 147 Å². The highest BCUT2D eigenvalue weighted by atomic mass is 16.8. The standard InChI is InChI=1S/C30H35NO11/c1-13-11-20(38-15(3)32)29(40-22-10-9-17(31(4)5)14(2)37-22)30(41-13)25-24(28-19(42-30)12-21(34)39-28)26(35)16-7-6-8-18(33)23(16)27(25)36/h6-8,13-14,17,19-20,22,28-29,33H,9-12H2,1-5H3. The van der Waals surface area contributed by atoms with E-state index in [1.807, 2.05) is 21.0 Å². The van der Waals surface area contributed by atoms with E-state index in [9.17, 15) is 24.3 Å². The molecule has 1 aromatic rings. The van der Waals surface area contributed by atoms with Gasteiger partial charge in [0.15, 0.2) is 30.1 Å². The number of phenols is 1. The molecule has 1 spiro atoms. The Labute approximate surface area is 242 Å². The van der Waals surface area contributed by atoms with Crippen molar-refractivity contribution in [3.63, 3.8) is 0 Å². The Morgan fingerprint density at radius 1 is 1.10 bits per heavy atom. The minimum atomic E-state index is -2.08. The van der Waals surface area contributed by atoms with Crippen molar-refractivity contribution in [3.8, 4) is 5.75 Å². The molecule has 0 amide bonds. The average molecular weight is 586 g/mol. The van der Waals surface area contributed by atoms with Crippen molar-refractivity contribution in [3.05, 3.63) is 40.5 Å². The zero-order chi connectivity index (χ0) is 30.1. The van der Waals surface area contributed by atoms with E-state index < -0.39 is 71.9 Å². The van der Waals surface area contributed by atoms with Crippen LogP contribution in [0.4, 0.5) is 0 Å². The van der Waals surface area contributed by atoms with Gasteiger partial charge in [0.05, 0.1) is 35.3 Å². The Balaban J connectivity index is 1.50. The fourth-order valence-corrected chi connectivity index (χ4v) is 7.05. The molecule has 1 aromatic carbocycles. The molecule has 4 aliphatic heterocycles. The minimum Gasteiger partial charge on any atom is -0.507 e. The molecule has 4 heterocycles. The number of rotatable bonds is 4. The van der Waals surface area contributed by atoms with Crippen molar-refractivity contribution in [2.75, 3.05) is 14.1 Å². The normalized spacial score (nSPS) is 37.8. The second kappa shape index (κ2) is 10.5. The monoisotopic (exact) mass is 585 g/mol. The fourth-order valence-electron chi connectivity index (χ4n) is 7.05. The maximum absolute atomic E-state index is 14.3. The maximum Gasteiger partial charge on any atom is 0.309 e. The number of carbonyl (C=O) groups excluding carboxylic acids is 4. The molecule has 0 radical (unpaired) electrons. The largest absolute Gasteiger partial charge is 0.507 e. The summed E-state index contributed by atoms with van der Waals surface area (Å²) in [4.78, 5) is 55.2. The minimum absolute atomic E-state index is 0.0190. The van der Waals surface area contributed by atoms with Crippen LogP contribution in [-0.4, -0.2) is 102 Å². The quantitative estimate of drug-likeness (QED) is 0.516. The number of carbonyl (C=O) groups is 4. The van der Waals surface area contributed by atoms with Gasteiger partial charge in [0.25, 0.3) is 0 Å². The predicted molar refractivity (Wildman–Crippen MR) is 143 cm³/mol. The third-order valence-electron chi connectivity index (χ3n) is 8.72. The lowest BCUT2D eigenvalue weighted by Gasteiger charge is -2.54. The smallest absolute Gasteiger partial charge is 0.309 e. The van der Waals surface area contributed by atoms with Crippen LogP contribution in [0.15, 0.2) is 29.3 Å². The van der Waals surface area contributed by atoms with Crippen molar-refractivity contribution < 1.29 is 52.7 Å². The number of ether oxygens (including phenoxy) is 6. The number of aromatic hydroxyl groups is 1. The Hall–Kier alpha value is -3.16.